The highest BCUT2D eigenvalue weighted by Crippen LogP contribution is 2.26. The third-order valence-corrected chi connectivity index (χ3v) is 5.18. The number of ether oxygens (including phenoxy) is 1. The SMILES string of the molecule is CC1(C)CN(C(=O)c2cc(I)ccc2Br)CC(CBr)O1. The number of carbonyl (C=O) groups excluding carboxylic acids is 1. The van der Waals surface area contributed by atoms with Gasteiger partial charge >= 0.3 is 0 Å². The molecule has 6 heteroatoms. The van der Waals surface area contributed by atoms with Crippen molar-refractivity contribution in [3.8, 4) is 0 Å². The lowest BCUT2D eigenvalue weighted by Crippen LogP contribution is -2.55. The van der Waals surface area contributed by atoms with Crippen molar-refractivity contribution in [2.75, 3.05) is 18.4 Å². The summed E-state index contributed by atoms with van der Waals surface area (Å²) < 4.78 is 7.83. The number of carbonyl (C=O) groups is 1. The van der Waals surface area contributed by atoms with Crippen LogP contribution < -0.4 is 0 Å². The zero-order chi connectivity index (χ0) is 14.9. The molecule has 0 saturated carbocycles. The Morgan fingerprint density at radius 1 is 1.55 bits per heavy atom. The van der Waals surface area contributed by atoms with Gasteiger partial charge in [-0.05, 0) is 70.6 Å². The molecule has 1 amide bonds. The molecule has 20 heavy (non-hydrogen) atoms. The van der Waals surface area contributed by atoms with Crippen LogP contribution in [0.15, 0.2) is 22.7 Å². The monoisotopic (exact) mass is 515 g/mol. The molecule has 1 saturated heterocycles. The van der Waals surface area contributed by atoms with E-state index in [4.69, 9.17) is 4.74 Å². The van der Waals surface area contributed by atoms with Gasteiger partial charge in [-0.25, -0.2) is 0 Å². The van der Waals surface area contributed by atoms with Gasteiger partial charge in [0.25, 0.3) is 5.91 Å². The molecule has 3 nitrogen and oxygen atoms in total. The van der Waals surface area contributed by atoms with E-state index in [2.05, 4.69) is 54.5 Å². The van der Waals surface area contributed by atoms with Gasteiger partial charge in [-0.1, -0.05) is 15.9 Å². The molecule has 1 aromatic carbocycles. The van der Waals surface area contributed by atoms with Crippen LogP contribution in [-0.2, 0) is 4.74 Å². The second kappa shape index (κ2) is 6.62. The molecule has 0 aromatic heterocycles. The van der Waals surface area contributed by atoms with E-state index < -0.39 is 0 Å². The van der Waals surface area contributed by atoms with E-state index >= 15 is 0 Å². The van der Waals surface area contributed by atoms with Gasteiger partial charge in [0.1, 0.15) is 0 Å². The summed E-state index contributed by atoms with van der Waals surface area (Å²) in [6.07, 6.45) is 0.0317. The van der Waals surface area contributed by atoms with Gasteiger partial charge in [0.15, 0.2) is 0 Å². The molecule has 2 rings (SSSR count). The summed E-state index contributed by atoms with van der Waals surface area (Å²) in [6, 6.07) is 5.81. The van der Waals surface area contributed by atoms with E-state index in [1.54, 1.807) is 0 Å². The maximum atomic E-state index is 12.7. The van der Waals surface area contributed by atoms with Crippen LogP contribution in [0.3, 0.4) is 0 Å². The van der Waals surface area contributed by atoms with Crippen molar-refractivity contribution in [3.63, 3.8) is 0 Å². The third-order valence-electron chi connectivity index (χ3n) is 3.10. The van der Waals surface area contributed by atoms with Gasteiger partial charge in [-0.15, -0.1) is 0 Å². The lowest BCUT2D eigenvalue weighted by molar-refractivity contribution is -0.116. The Balaban J connectivity index is 2.25. The number of nitrogens with zero attached hydrogens (tertiary/aromatic N) is 1. The maximum Gasteiger partial charge on any atom is 0.255 e. The maximum absolute atomic E-state index is 12.7. The normalized spacial score (nSPS) is 21.9. The average Bonchev–Trinajstić information content (AvgIpc) is 2.38. The minimum absolute atomic E-state index is 0.0317. The average molecular weight is 517 g/mol. The van der Waals surface area contributed by atoms with Crippen LogP contribution in [0.4, 0.5) is 0 Å². The third kappa shape index (κ3) is 3.96. The molecule has 0 aliphatic carbocycles. The van der Waals surface area contributed by atoms with Crippen LogP contribution in [0, 0.1) is 3.57 Å². The van der Waals surface area contributed by atoms with E-state index in [1.165, 1.54) is 0 Å². The van der Waals surface area contributed by atoms with Crippen molar-refractivity contribution < 1.29 is 9.53 Å². The van der Waals surface area contributed by atoms with Crippen LogP contribution >= 0.6 is 54.5 Å². The van der Waals surface area contributed by atoms with Crippen molar-refractivity contribution in [2.24, 2.45) is 0 Å². The van der Waals surface area contributed by atoms with E-state index in [-0.39, 0.29) is 17.6 Å². The first-order valence-corrected chi connectivity index (χ1v) is 9.30. The fourth-order valence-corrected chi connectivity index (χ4v) is 3.61. The molecule has 1 unspecified atom stereocenters. The van der Waals surface area contributed by atoms with Crippen LogP contribution in [0.5, 0.6) is 0 Å². The number of benzene rings is 1. The number of amides is 1. The lowest BCUT2D eigenvalue weighted by atomic mass is 10.0. The van der Waals surface area contributed by atoms with Crippen LogP contribution in [0.1, 0.15) is 24.2 Å². The molecule has 1 aliphatic rings. The van der Waals surface area contributed by atoms with Gasteiger partial charge in [-0.3, -0.25) is 4.79 Å². The predicted molar refractivity (Wildman–Crippen MR) is 95.5 cm³/mol. The van der Waals surface area contributed by atoms with E-state index in [0.29, 0.717) is 18.7 Å². The molecule has 0 N–H and O–H groups in total. The van der Waals surface area contributed by atoms with Crippen LogP contribution in [0.2, 0.25) is 0 Å². The minimum Gasteiger partial charge on any atom is -0.368 e. The summed E-state index contributed by atoms with van der Waals surface area (Å²) in [7, 11) is 0. The second-order valence-corrected chi connectivity index (χ2v) is 8.21. The Bertz CT molecular complexity index is 522. The van der Waals surface area contributed by atoms with Gasteiger partial charge in [0, 0.05) is 26.5 Å². The summed E-state index contributed by atoms with van der Waals surface area (Å²) in [4.78, 5) is 14.6. The Labute approximate surface area is 149 Å². The Kier molecular flexibility index (Phi) is 5.53. The van der Waals surface area contributed by atoms with Gasteiger partial charge in [0.05, 0.1) is 17.3 Å². The molecular weight excluding hydrogens is 501 g/mol. The first-order valence-electron chi connectivity index (χ1n) is 6.30. The van der Waals surface area contributed by atoms with Crippen molar-refractivity contribution in [1.82, 2.24) is 4.90 Å². The first-order chi connectivity index (χ1) is 9.32. The lowest BCUT2D eigenvalue weighted by Gasteiger charge is -2.42. The number of hydrogen-bond donors (Lipinski definition) is 0. The van der Waals surface area contributed by atoms with Gasteiger partial charge in [0.2, 0.25) is 0 Å². The van der Waals surface area contributed by atoms with E-state index in [9.17, 15) is 4.79 Å². The molecule has 1 atom stereocenters. The fraction of sp³-hybridized carbons (Fsp3) is 0.500. The first kappa shape index (κ1) is 16.7. The summed E-state index contributed by atoms with van der Waals surface area (Å²) in [5.41, 5.74) is 0.392. The molecule has 110 valence electrons. The zero-order valence-corrected chi connectivity index (χ0v) is 16.7. The quantitative estimate of drug-likeness (QED) is 0.438. The molecule has 0 spiro atoms. The topological polar surface area (TPSA) is 29.5 Å². The Hall–Kier alpha value is 0.340. The molecule has 0 radical (unpaired) electrons. The molecule has 1 aromatic rings. The Morgan fingerprint density at radius 2 is 2.25 bits per heavy atom. The minimum atomic E-state index is -0.319. The Morgan fingerprint density at radius 3 is 2.90 bits per heavy atom. The predicted octanol–water partition coefficient (Wildman–Crippen LogP) is 4.07. The molecule has 0 bridgehead atoms. The van der Waals surface area contributed by atoms with Crippen LogP contribution in [-0.4, -0.2) is 40.9 Å². The number of alkyl halides is 1. The number of morpholine rings is 1. The van der Waals surface area contributed by atoms with E-state index in [0.717, 1.165) is 13.4 Å². The van der Waals surface area contributed by atoms with Crippen molar-refractivity contribution in [3.05, 3.63) is 31.8 Å². The summed E-state index contributed by atoms with van der Waals surface area (Å²) in [6.45, 7) is 5.26. The van der Waals surface area contributed by atoms with Gasteiger partial charge in [-0.2, -0.15) is 0 Å². The second-order valence-electron chi connectivity index (χ2n) is 5.46. The molecular formula is C14H16Br2INO2. The number of rotatable bonds is 2. The summed E-state index contributed by atoms with van der Waals surface area (Å²) in [5, 5.41) is 0.730. The number of halogens is 3. The van der Waals surface area contributed by atoms with Gasteiger partial charge < -0.3 is 9.64 Å². The summed E-state index contributed by atoms with van der Waals surface area (Å²) >= 11 is 9.14. The largest absolute Gasteiger partial charge is 0.368 e. The summed E-state index contributed by atoms with van der Waals surface area (Å²) in [5.74, 6) is 0.0534. The smallest absolute Gasteiger partial charge is 0.255 e. The fourth-order valence-electron chi connectivity index (χ4n) is 2.36. The standard InChI is InChI=1S/C14H16Br2INO2/c1-14(2)8-18(7-10(6-15)20-14)13(19)11-5-9(17)3-4-12(11)16/h3-5,10H,6-8H2,1-2H3. The van der Waals surface area contributed by atoms with Crippen molar-refractivity contribution >= 4 is 60.4 Å². The van der Waals surface area contributed by atoms with Crippen LogP contribution in [0.25, 0.3) is 0 Å². The number of hydrogen-bond acceptors (Lipinski definition) is 2. The molecule has 1 aliphatic heterocycles. The zero-order valence-electron chi connectivity index (χ0n) is 11.3. The van der Waals surface area contributed by atoms with Crippen molar-refractivity contribution in [1.29, 1.82) is 0 Å². The van der Waals surface area contributed by atoms with E-state index in [1.807, 2.05) is 36.9 Å². The molecule has 1 heterocycles. The highest BCUT2D eigenvalue weighted by Gasteiger charge is 2.35. The highest BCUT2D eigenvalue weighted by molar-refractivity contribution is 14.1. The van der Waals surface area contributed by atoms with Crippen molar-refractivity contribution in [2.45, 2.75) is 25.6 Å². The molecule has 1 fully saturated rings. The highest BCUT2D eigenvalue weighted by atomic mass is 127.